The zero-order valence-corrected chi connectivity index (χ0v) is 12.9. The van der Waals surface area contributed by atoms with Crippen LogP contribution in [0, 0.1) is 0 Å². The van der Waals surface area contributed by atoms with Gasteiger partial charge in [-0.05, 0) is 46.5 Å². The highest BCUT2D eigenvalue weighted by Gasteiger charge is 2.20. The molecule has 0 radical (unpaired) electrons. The van der Waals surface area contributed by atoms with Gasteiger partial charge in [0.1, 0.15) is 5.75 Å². The number of hydrogen-bond donors (Lipinski definition) is 2. The van der Waals surface area contributed by atoms with Gasteiger partial charge < -0.3 is 15.2 Å². The highest BCUT2D eigenvalue weighted by atomic mass is 79.9. The molecule has 0 bridgehead atoms. The predicted octanol–water partition coefficient (Wildman–Crippen LogP) is 3.24. The molecule has 1 aliphatic rings. The number of nitrogens with one attached hydrogen (secondary N) is 1. The number of aliphatic hydroxyl groups is 1. The second-order valence-electron chi connectivity index (χ2n) is 5.16. The van der Waals surface area contributed by atoms with E-state index in [-0.39, 0.29) is 12.1 Å². The van der Waals surface area contributed by atoms with Crippen molar-refractivity contribution in [2.45, 2.75) is 50.8 Å². The summed E-state index contributed by atoms with van der Waals surface area (Å²) in [5.74, 6) is 0.846. The maximum atomic E-state index is 10.1. The Balaban J connectivity index is 1.92. The largest absolute Gasteiger partial charge is 0.496 e. The van der Waals surface area contributed by atoms with E-state index in [9.17, 15) is 5.11 Å². The molecule has 2 N–H and O–H groups in total. The van der Waals surface area contributed by atoms with E-state index in [2.05, 4.69) is 33.4 Å². The zero-order valence-electron chi connectivity index (χ0n) is 11.4. The Morgan fingerprint density at radius 1 is 1.32 bits per heavy atom. The van der Waals surface area contributed by atoms with Crippen LogP contribution in [0.3, 0.4) is 0 Å². The molecule has 1 aliphatic carbocycles. The molecule has 0 amide bonds. The van der Waals surface area contributed by atoms with E-state index in [4.69, 9.17) is 4.74 Å². The summed E-state index contributed by atoms with van der Waals surface area (Å²) in [6.45, 7) is 0.782. The number of hydrogen-bond acceptors (Lipinski definition) is 3. The van der Waals surface area contributed by atoms with Gasteiger partial charge in [-0.15, -0.1) is 0 Å². The van der Waals surface area contributed by atoms with Crippen LogP contribution in [-0.2, 0) is 6.54 Å². The van der Waals surface area contributed by atoms with Crippen molar-refractivity contribution >= 4 is 15.9 Å². The smallest absolute Gasteiger partial charge is 0.133 e. The van der Waals surface area contributed by atoms with E-state index in [1.807, 2.05) is 6.07 Å². The number of rotatable bonds is 4. The first-order valence-corrected chi connectivity index (χ1v) is 7.74. The summed E-state index contributed by atoms with van der Waals surface area (Å²) in [5.41, 5.74) is 1.20. The second kappa shape index (κ2) is 7.27. The standard InChI is InChI=1S/C15H22BrNO2/c1-19-15-8-7-11(9-12(15)16)10-17-13-5-3-2-4-6-14(13)18/h7-9,13-14,17-18H,2-6,10H2,1H3. The monoisotopic (exact) mass is 327 g/mol. The lowest BCUT2D eigenvalue weighted by atomic mass is 10.1. The molecule has 2 unspecified atom stereocenters. The Hall–Kier alpha value is -0.580. The average molecular weight is 328 g/mol. The first-order chi connectivity index (χ1) is 9.20. The molecule has 1 fully saturated rings. The zero-order chi connectivity index (χ0) is 13.7. The lowest BCUT2D eigenvalue weighted by molar-refractivity contribution is 0.119. The predicted molar refractivity (Wildman–Crippen MR) is 80.4 cm³/mol. The van der Waals surface area contributed by atoms with E-state index in [1.54, 1.807) is 7.11 Å². The second-order valence-corrected chi connectivity index (χ2v) is 6.02. The third kappa shape index (κ3) is 4.20. The molecule has 0 saturated heterocycles. The van der Waals surface area contributed by atoms with Crippen molar-refractivity contribution in [1.82, 2.24) is 5.32 Å². The first-order valence-electron chi connectivity index (χ1n) is 6.94. The summed E-state index contributed by atoms with van der Waals surface area (Å²) in [6, 6.07) is 6.31. The Morgan fingerprint density at radius 3 is 2.84 bits per heavy atom. The van der Waals surface area contributed by atoms with E-state index in [0.29, 0.717) is 0 Å². The van der Waals surface area contributed by atoms with Crippen LogP contribution >= 0.6 is 15.9 Å². The average Bonchev–Trinajstić information content (AvgIpc) is 2.61. The summed E-state index contributed by atoms with van der Waals surface area (Å²) < 4.78 is 6.19. The number of ether oxygens (including phenoxy) is 1. The normalized spacial score (nSPS) is 23.9. The lowest BCUT2D eigenvalue weighted by Gasteiger charge is -2.22. The van der Waals surface area contributed by atoms with Gasteiger partial charge in [-0.25, -0.2) is 0 Å². The maximum Gasteiger partial charge on any atom is 0.133 e. The van der Waals surface area contributed by atoms with Crippen LogP contribution < -0.4 is 10.1 Å². The molecule has 19 heavy (non-hydrogen) atoms. The van der Waals surface area contributed by atoms with Crippen molar-refractivity contribution in [2.75, 3.05) is 7.11 Å². The number of benzene rings is 1. The molecule has 1 aromatic rings. The molecule has 3 nitrogen and oxygen atoms in total. The SMILES string of the molecule is COc1ccc(CNC2CCCCCC2O)cc1Br. The van der Waals surface area contributed by atoms with Crippen molar-refractivity contribution in [2.24, 2.45) is 0 Å². The molecule has 1 saturated carbocycles. The Kier molecular flexibility index (Phi) is 5.67. The fraction of sp³-hybridized carbons (Fsp3) is 0.600. The van der Waals surface area contributed by atoms with E-state index >= 15 is 0 Å². The third-order valence-electron chi connectivity index (χ3n) is 3.76. The molecule has 0 spiro atoms. The minimum Gasteiger partial charge on any atom is -0.496 e. The number of aliphatic hydroxyl groups excluding tert-OH is 1. The van der Waals surface area contributed by atoms with E-state index in [1.165, 1.54) is 18.4 Å². The van der Waals surface area contributed by atoms with Crippen LogP contribution in [0.1, 0.15) is 37.7 Å². The lowest BCUT2D eigenvalue weighted by Crippen LogP contribution is -2.38. The molecule has 0 aliphatic heterocycles. The van der Waals surface area contributed by atoms with Gasteiger partial charge in [0.15, 0.2) is 0 Å². The van der Waals surface area contributed by atoms with E-state index in [0.717, 1.165) is 36.0 Å². The van der Waals surface area contributed by atoms with Gasteiger partial charge in [-0.1, -0.05) is 25.3 Å². The minimum atomic E-state index is -0.204. The van der Waals surface area contributed by atoms with Crippen LogP contribution in [0.2, 0.25) is 0 Å². The first kappa shape index (κ1) is 14.8. The quantitative estimate of drug-likeness (QED) is 0.834. The fourth-order valence-corrected chi connectivity index (χ4v) is 3.18. The Bertz CT molecular complexity index is 411. The van der Waals surface area contributed by atoms with Crippen molar-refractivity contribution in [3.8, 4) is 5.75 Å². The van der Waals surface area contributed by atoms with Crippen molar-refractivity contribution in [3.63, 3.8) is 0 Å². The molecule has 2 atom stereocenters. The van der Waals surface area contributed by atoms with Gasteiger partial charge in [0.05, 0.1) is 17.7 Å². The third-order valence-corrected chi connectivity index (χ3v) is 4.38. The van der Waals surface area contributed by atoms with Crippen LogP contribution in [0.25, 0.3) is 0 Å². The number of halogens is 1. The van der Waals surface area contributed by atoms with Gasteiger partial charge >= 0.3 is 0 Å². The maximum absolute atomic E-state index is 10.1. The topological polar surface area (TPSA) is 41.5 Å². The van der Waals surface area contributed by atoms with Crippen LogP contribution in [0.5, 0.6) is 5.75 Å². The van der Waals surface area contributed by atoms with E-state index < -0.39 is 0 Å². The van der Waals surface area contributed by atoms with Gasteiger partial charge in [-0.3, -0.25) is 0 Å². The molecule has 2 rings (SSSR count). The minimum absolute atomic E-state index is 0.204. The molecule has 1 aromatic carbocycles. The van der Waals surface area contributed by atoms with Crippen LogP contribution in [0.4, 0.5) is 0 Å². The van der Waals surface area contributed by atoms with Crippen molar-refractivity contribution in [3.05, 3.63) is 28.2 Å². The molecule has 0 heterocycles. The van der Waals surface area contributed by atoms with Gasteiger partial charge in [0.2, 0.25) is 0 Å². The number of methoxy groups -OCH3 is 1. The fourth-order valence-electron chi connectivity index (χ4n) is 2.59. The highest BCUT2D eigenvalue weighted by molar-refractivity contribution is 9.10. The highest BCUT2D eigenvalue weighted by Crippen LogP contribution is 2.25. The molecule has 4 heteroatoms. The van der Waals surface area contributed by atoms with Crippen LogP contribution in [-0.4, -0.2) is 24.4 Å². The summed E-state index contributed by atoms with van der Waals surface area (Å²) in [5, 5.41) is 13.6. The van der Waals surface area contributed by atoms with Gasteiger partial charge in [0, 0.05) is 12.6 Å². The summed E-state index contributed by atoms with van der Waals surface area (Å²) in [4.78, 5) is 0. The molecule has 106 valence electrons. The molecular weight excluding hydrogens is 306 g/mol. The van der Waals surface area contributed by atoms with Crippen LogP contribution in [0.15, 0.2) is 22.7 Å². The summed E-state index contributed by atoms with van der Waals surface area (Å²) >= 11 is 3.50. The molecule has 0 aromatic heterocycles. The summed E-state index contributed by atoms with van der Waals surface area (Å²) in [7, 11) is 1.67. The van der Waals surface area contributed by atoms with Gasteiger partial charge in [0.25, 0.3) is 0 Å². The van der Waals surface area contributed by atoms with Crippen molar-refractivity contribution < 1.29 is 9.84 Å². The van der Waals surface area contributed by atoms with Gasteiger partial charge in [-0.2, -0.15) is 0 Å². The molecular formula is C15H22BrNO2. The van der Waals surface area contributed by atoms with Crippen molar-refractivity contribution in [1.29, 1.82) is 0 Å². The summed E-state index contributed by atoms with van der Waals surface area (Å²) in [6.07, 6.45) is 5.38. The Labute approximate surface area is 123 Å². The Morgan fingerprint density at radius 2 is 2.11 bits per heavy atom.